The highest BCUT2D eigenvalue weighted by atomic mass is 35.5. The third-order valence-corrected chi connectivity index (χ3v) is 2.93. The Morgan fingerprint density at radius 2 is 2.18 bits per heavy atom. The van der Waals surface area contributed by atoms with Gasteiger partial charge in [0.15, 0.2) is 5.76 Å². The first-order valence-electron chi connectivity index (χ1n) is 5.32. The fourth-order valence-corrected chi connectivity index (χ4v) is 2.04. The average Bonchev–Trinajstić information content (AvgIpc) is 2.74. The Morgan fingerprint density at radius 1 is 1.35 bits per heavy atom. The topological polar surface area (TPSA) is 38.1 Å². The van der Waals surface area contributed by atoms with Gasteiger partial charge in [0.25, 0.3) is 0 Å². The fourth-order valence-electron chi connectivity index (χ4n) is 1.54. The molecular formula is C12H12Cl2N2O. The molecule has 0 fully saturated rings. The minimum absolute atomic E-state index is 0.562. The van der Waals surface area contributed by atoms with Crippen molar-refractivity contribution in [2.75, 3.05) is 6.54 Å². The monoisotopic (exact) mass is 270 g/mol. The maximum atomic E-state index is 6.13. The van der Waals surface area contributed by atoms with Crippen LogP contribution in [-0.2, 0) is 6.54 Å². The number of rotatable bonds is 4. The van der Waals surface area contributed by atoms with Crippen LogP contribution in [0.4, 0.5) is 0 Å². The molecule has 0 bridgehead atoms. The number of nitrogens with zero attached hydrogens (tertiary/aromatic N) is 1. The van der Waals surface area contributed by atoms with E-state index in [1.807, 2.05) is 13.0 Å². The Balaban J connectivity index is 2.35. The molecule has 3 nitrogen and oxygen atoms in total. The van der Waals surface area contributed by atoms with Gasteiger partial charge >= 0.3 is 0 Å². The first-order chi connectivity index (χ1) is 8.22. The summed E-state index contributed by atoms with van der Waals surface area (Å²) in [5, 5.41) is 8.20. The van der Waals surface area contributed by atoms with E-state index >= 15 is 0 Å². The summed E-state index contributed by atoms with van der Waals surface area (Å²) in [6.45, 7) is 3.63. The summed E-state index contributed by atoms with van der Waals surface area (Å²) < 4.78 is 5.25. The van der Waals surface area contributed by atoms with Gasteiger partial charge in [0.05, 0.1) is 11.2 Å². The summed E-state index contributed by atoms with van der Waals surface area (Å²) in [6, 6.07) is 5.31. The average molecular weight is 271 g/mol. The highest BCUT2D eigenvalue weighted by Crippen LogP contribution is 2.32. The van der Waals surface area contributed by atoms with Crippen molar-refractivity contribution in [3.63, 3.8) is 0 Å². The number of aromatic nitrogens is 1. The molecule has 0 atom stereocenters. The highest BCUT2D eigenvalue weighted by Gasteiger charge is 2.13. The van der Waals surface area contributed by atoms with E-state index < -0.39 is 0 Å². The van der Waals surface area contributed by atoms with Crippen LogP contribution in [0.25, 0.3) is 11.3 Å². The van der Waals surface area contributed by atoms with Gasteiger partial charge < -0.3 is 9.84 Å². The molecule has 1 N–H and O–H groups in total. The SMILES string of the molecule is CCNCc1cnoc1-c1ccc(Cl)cc1Cl. The van der Waals surface area contributed by atoms with Crippen LogP contribution in [0.5, 0.6) is 0 Å². The Labute approximate surface area is 110 Å². The van der Waals surface area contributed by atoms with Crippen LogP contribution in [0.1, 0.15) is 12.5 Å². The number of hydrogen-bond donors (Lipinski definition) is 1. The van der Waals surface area contributed by atoms with Crippen molar-refractivity contribution in [1.82, 2.24) is 10.5 Å². The van der Waals surface area contributed by atoms with Crippen LogP contribution < -0.4 is 5.32 Å². The van der Waals surface area contributed by atoms with Gasteiger partial charge in [-0.25, -0.2) is 0 Å². The van der Waals surface area contributed by atoms with Gasteiger partial charge in [0, 0.05) is 22.7 Å². The summed E-state index contributed by atoms with van der Waals surface area (Å²) >= 11 is 12.0. The van der Waals surface area contributed by atoms with Crippen LogP contribution in [0.15, 0.2) is 28.9 Å². The first-order valence-corrected chi connectivity index (χ1v) is 6.07. The lowest BCUT2D eigenvalue weighted by molar-refractivity contribution is 0.431. The lowest BCUT2D eigenvalue weighted by atomic mass is 10.1. The Morgan fingerprint density at radius 3 is 2.88 bits per heavy atom. The van der Waals surface area contributed by atoms with Crippen LogP contribution in [0.3, 0.4) is 0 Å². The molecule has 90 valence electrons. The van der Waals surface area contributed by atoms with E-state index in [0.717, 1.165) is 17.7 Å². The third kappa shape index (κ3) is 2.80. The number of benzene rings is 1. The van der Waals surface area contributed by atoms with E-state index in [2.05, 4.69) is 10.5 Å². The summed E-state index contributed by atoms with van der Waals surface area (Å²) in [7, 11) is 0. The molecule has 2 aromatic rings. The van der Waals surface area contributed by atoms with Crippen LogP contribution in [0.2, 0.25) is 10.0 Å². The molecule has 0 unspecified atom stereocenters. The van der Waals surface area contributed by atoms with Crippen molar-refractivity contribution in [2.24, 2.45) is 0 Å². The lowest BCUT2D eigenvalue weighted by Gasteiger charge is -2.04. The Bertz CT molecular complexity index is 511. The lowest BCUT2D eigenvalue weighted by Crippen LogP contribution is -2.11. The molecule has 17 heavy (non-hydrogen) atoms. The zero-order chi connectivity index (χ0) is 12.3. The van der Waals surface area contributed by atoms with E-state index in [9.17, 15) is 0 Å². The van der Waals surface area contributed by atoms with Gasteiger partial charge in [0.1, 0.15) is 0 Å². The summed E-state index contributed by atoms with van der Waals surface area (Å²) in [5.74, 6) is 0.688. The first kappa shape index (κ1) is 12.4. The van der Waals surface area contributed by atoms with Gasteiger partial charge in [0.2, 0.25) is 0 Å². The van der Waals surface area contributed by atoms with Gasteiger partial charge in [-0.05, 0) is 24.7 Å². The molecule has 0 spiro atoms. The quantitative estimate of drug-likeness (QED) is 0.920. The molecule has 0 aliphatic carbocycles. The van der Waals surface area contributed by atoms with Crippen molar-refractivity contribution in [3.8, 4) is 11.3 Å². The maximum Gasteiger partial charge on any atom is 0.172 e. The molecule has 0 saturated carbocycles. The van der Waals surface area contributed by atoms with E-state index in [0.29, 0.717) is 22.4 Å². The smallest absolute Gasteiger partial charge is 0.172 e. The predicted octanol–water partition coefficient (Wildman–Crippen LogP) is 3.76. The van der Waals surface area contributed by atoms with Crippen molar-refractivity contribution in [2.45, 2.75) is 13.5 Å². The molecular weight excluding hydrogens is 259 g/mol. The summed E-state index contributed by atoms with van der Waals surface area (Å²) in [5.41, 5.74) is 1.79. The van der Waals surface area contributed by atoms with Crippen LogP contribution >= 0.6 is 23.2 Å². The van der Waals surface area contributed by atoms with Crippen LogP contribution in [0, 0.1) is 0 Å². The van der Waals surface area contributed by atoms with E-state index in [1.165, 1.54) is 0 Å². The summed E-state index contributed by atoms with van der Waals surface area (Å²) in [4.78, 5) is 0. The van der Waals surface area contributed by atoms with E-state index in [1.54, 1.807) is 18.3 Å². The molecule has 1 aromatic heterocycles. The summed E-state index contributed by atoms with van der Waals surface area (Å²) in [6.07, 6.45) is 1.70. The predicted molar refractivity (Wildman–Crippen MR) is 69.3 cm³/mol. The second-order valence-corrected chi connectivity index (χ2v) is 4.43. The van der Waals surface area contributed by atoms with E-state index in [-0.39, 0.29) is 0 Å². The number of hydrogen-bond acceptors (Lipinski definition) is 3. The largest absolute Gasteiger partial charge is 0.356 e. The molecule has 0 amide bonds. The van der Waals surface area contributed by atoms with E-state index in [4.69, 9.17) is 27.7 Å². The molecule has 0 aliphatic heterocycles. The Kier molecular flexibility index (Phi) is 4.05. The normalized spacial score (nSPS) is 10.8. The zero-order valence-corrected chi connectivity index (χ0v) is 10.8. The second-order valence-electron chi connectivity index (χ2n) is 3.58. The van der Waals surface area contributed by atoms with Gasteiger partial charge in [-0.15, -0.1) is 0 Å². The molecule has 1 heterocycles. The molecule has 0 saturated heterocycles. The molecule has 2 rings (SSSR count). The molecule has 5 heteroatoms. The van der Waals surface area contributed by atoms with Crippen LogP contribution in [-0.4, -0.2) is 11.7 Å². The Hall–Kier alpha value is -1.03. The second kappa shape index (κ2) is 5.54. The standard InChI is InChI=1S/C12H12Cl2N2O/c1-2-15-6-8-7-16-17-12(8)10-4-3-9(13)5-11(10)14/h3-5,7,15H,2,6H2,1H3. The maximum absolute atomic E-state index is 6.13. The van der Waals surface area contributed by atoms with Gasteiger partial charge in [-0.2, -0.15) is 0 Å². The zero-order valence-electron chi connectivity index (χ0n) is 9.34. The fraction of sp³-hybridized carbons (Fsp3) is 0.250. The number of nitrogens with one attached hydrogen (secondary N) is 1. The van der Waals surface area contributed by atoms with Crippen molar-refractivity contribution in [1.29, 1.82) is 0 Å². The van der Waals surface area contributed by atoms with Gasteiger partial charge in [-0.1, -0.05) is 35.3 Å². The minimum atomic E-state index is 0.562. The molecule has 0 radical (unpaired) electrons. The van der Waals surface area contributed by atoms with Crippen molar-refractivity contribution >= 4 is 23.2 Å². The highest BCUT2D eigenvalue weighted by molar-refractivity contribution is 6.36. The molecule has 1 aromatic carbocycles. The van der Waals surface area contributed by atoms with Crippen molar-refractivity contribution in [3.05, 3.63) is 40.0 Å². The third-order valence-electron chi connectivity index (χ3n) is 2.39. The minimum Gasteiger partial charge on any atom is -0.356 e. The molecule has 0 aliphatic rings. The van der Waals surface area contributed by atoms with Gasteiger partial charge in [-0.3, -0.25) is 0 Å². The number of halogens is 2. The van der Waals surface area contributed by atoms with Crippen molar-refractivity contribution < 1.29 is 4.52 Å².